The van der Waals surface area contributed by atoms with Crippen molar-refractivity contribution in [2.45, 2.75) is 18.1 Å². The molecule has 0 fully saturated rings. The molecule has 0 bridgehead atoms. The molecule has 1 rings (SSSR count). The maximum Gasteiger partial charge on any atom is 0.306 e. The van der Waals surface area contributed by atoms with E-state index in [9.17, 15) is 18.5 Å². The van der Waals surface area contributed by atoms with Crippen molar-refractivity contribution in [3.05, 3.63) is 16.2 Å². The highest BCUT2D eigenvalue weighted by molar-refractivity contribution is 7.91. The minimum atomic E-state index is -3.73. The normalized spacial score (nSPS) is 12.1. The number of nitrogens with one attached hydrogen (secondary N) is 1. The van der Waals surface area contributed by atoms with Gasteiger partial charge < -0.3 is 5.43 Å². The molecule has 0 aliphatic rings. The summed E-state index contributed by atoms with van der Waals surface area (Å²) in [4.78, 5) is 10.1. The van der Waals surface area contributed by atoms with Crippen LogP contribution in [0.1, 0.15) is 13.8 Å². The predicted octanol–water partition coefficient (Wildman–Crippen LogP) is 1.22. The molecule has 0 aliphatic heterocycles. The minimum Gasteiger partial charge on any atom is -0.310 e. The second-order valence-electron chi connectivity index (χ2n) is 4.36. The van der Waals surface area contributed by atoms with Gasteiger partial charge in [-0.3, -0.25) is 10.1 Å². The third-order valence-electron chi connectivity index (χ3n) is 2.30. The Labute approximate surface area is 115 Å². The van der Waals surface area contributed by atoms with Crippen molar-refractivity contribution in [3.63, 3.8) is 0 Å². The summed E-state index contributed by atoms with van der Waals surface area (Å²) in [6, 6.07) is 1.02. The van der Waals surface area contributed by atoms with Gasteiger partial charge in [0.25, 0.3) is 10.0 Å². The molecule has 3 N–H and O–H groups in total. The molecule has 8 nitrogen and oxygen atoms in total. The quantitative estimate of drug-likeness (QED) is 0.463. The van der Waals surface area contributed by atoms with Gasteiger partial charge in [0.1, 0.15) is 4.21 Å². The third kappa shape index (κ3) is 3.41. The number of hydrazine groups is 1. The van der Waals surface area contributed by atoms with E-state index in [1.165, 1.54) is 11.4 Å². The largest absolute Gasteiger partial charge is 0.310 e. The average Bonchev–Trinajstić information content (AvgIpc) is 2.72. The van der Waals surface area contributed by atoms with E-state index in [1.54, 1.807) is 0 Å². The Morgan fingerprint density at radius 1 is 1.58 bits per heavy atom. The smallest absolute Gasteiger partial charge is 0.306 e. The Balaban J connectivity index is 3.19. The molecule has 1 aromatic rings. The van der Waals surface area contributed by atoms with Crippen molar-refractivity contribution in [2.75, 3.05) is 19.0 Å². The zero-order valence-corrected chi connectivity index (χ0v) is 12.4. The van der Waals surface area contributed by atoms with Crippen molar-refractivity contribution in [1.29, 1.82) is 0 Å². The van der Waals surface area contributed by atoms with E-state index in [4.69, 9.17) is 5.84 Å². The second kappa shape index (κ2) is 5.82. The van der Waals surface area contributed by atoms with Crippen molar-refractivity contribution in [2.24, 2.45) is 11.8 Å². The number of hydrogen-bond donors (Lipinski definition) is 2. The van der Waals surface area contributed by atoms with Crippen LogP contribution in [0.5, 0.6) is 0 Å². The molecule has 1 heterocycles. The van der Waals surface area contributed by atoms with Crippen LogP contribution in [0.3, 0.4) is 0 Å². The summed E-state index contributed by atoms with van der Waals surface area (Å²) < 4.78 is 25.5. The van der Waals surface area contributed by atoms with E-state index in [0.717, 1.165) is 17.4 Å². The molecule has 10 heteroatoms. The van der Waals surface area contributed by atoms with Gasteiger partial charge in [0.15, 0.2) is 5.00 Å². The molecule has 0 saturated heterocycles. The molecule has 1 aromatic heterocycles. The van der Waals surface area contributed by atoms with E-state index in [1.807, 2.05) is 13.8 Å². The molecule has 19 heavy (non-hydrogen) atoms. The van der Waals surface area contributed by atoms with Crippen LogP contribution in [0.2, 0.25) is 0 Å². The summed E-state index contributed by atoms with van der Waals surface area (Å²) in [5.41, 5.74) is 1.80. The maximum absolute atomic E-state index is 12.2. The molecular weight excluding hydrogens is 292 g/mol. The standard InChI is InChI=1S/C9H16N4O4S2/c1-6(2)5-12(3)19(16,17)8-4-7(13(14)15)9(11-10)18-8/h4,6,11H,5,10H2,1-3H3. The number of nitrogen functional groups attached to an aromatic ring is 1. The van der Waals surface area contributed by atoms with Crippen LogP contribution < -0.4 is 11.3 Å². The van der Waals surface area contributed by atoms with E-state index in [2.05, 4.69) is 5.43 Å². The van der Waals surface area contributed by atoms with Crippen molar-refractivity contribution in [1.82, 2.24) is 4.31 Å². The zero-order valence-electron chi connectivity index (χ0n) is 10.8. The lowest BCUT2D eigenvalue weighted by Gasteiger charge is -2.17. The lowest BCUT2D eigenvalue weighted by Crippen LogP contribution is -2.29. The predicted molar refractivity (Wildman–Crippen MR) is 73.4 cm³/mol. The number of nitrogens with two attached hydrogens (primary N) is 1. The van der Waals surface area contributed by atoms with Gasteiger partial charge in [-0.1, -0.05) is 25.2 Å². The molecular formula is C9H16N4O4S2. The van der Waals surface area contributed by atoms with Crippen molar-refractivity contribution >= 4 is 32.0 Å². The highest BCUT2D eigenvalue weighted by Crippen LogP contribution is 2.37. The zero-order chi connectivity index (χ0) is 14.8. The highest BCUT2D eigenvalue weighted by Gasteiger charge is 2.29. The first-order valence-electron chi connectivity index (χ1n) is 5.41. The van der Waals surface area contributed by atoms with Crippen molar-refractivity contribution < 1.29 is 13.3 Å². The van der Waals surface area contributed by atoms with Crippen LogP contribution in [-0.4, -0.2) is 31.2 Å². The molecule has 0 unspecified atom stereocenters. The maximum atomic E-state index is 12.2. The van der Waals surface area contributed by atoms with Crippen LogP contribution in [0, 0.1) is 16.0 Å². The van der Waals surface area contributed by atoms with E-state index >= 15 is 0 Å². The summed E-state index contributed by atoms with van der Waals surface area (Å²) in [6.45, 7) is 4.10. The van der Waals surface area contributed by atoms with Gasteiger partial charge in [-0.15, -0.1) is 0 Å². The lowest BCUT2D eigenvalue weighted by molar-refractivity contribution is -0.383. The fourth-order valence-electron chi connectivity index (χ4n) is 1.49. The minimum absolute atomic E-state index is 0.0153. The number of hydrogen-bond acceptors (Lipinski definition) is 7. The Kier molecular flexibility index (Phi) is 4.85. The Morgan fingerprint density at radius 2 is 2.16 bits per heavy atom. The molecule has 0 saturated carbocycles. The Bertz CT molecular complexity index is 567. The Hall–Kier alpha value is -1.23. The molecule has 0 spiro atoms. The van der Waals surface area contributed by atoms with Gasteiger partial charge in [-0.2, -0.15) is 4.31 Å². The number of thiophene rings is 1. The highest BCUT2D eigenvalue weighted by atomic mass is 32.2. The third-order valence-corrected chi connectivity index (χ3v) is 5.63. The molecule has 0 aromatic carbocycles. The molecule has 0 radical (unpaired) electrons. The van der Waals surface area contributed by atoms with E-state index in [0.29, 0.717) is 6.54 Å². The number of sulfonamides is 1. The first-order chi connectivity index (χ1) is 8.70. The van der Waals surface area contributed by atoms with Crippen LogP contribution >= 0.6 is 11.3 Å². The summed E-state index contributed by atoms with van der Waals surface area (Å²) in [5.74, 6) is 5.30. The number of anilines is 1. The molecule has 0 aliphatic carbocycles. The van der Waals surface area contributed by atoms with Gasteiger partial charge in [-0.05, 0) is 5.92 Å². The summed E-state index contributed by atoms with van der Waals surface area (Å²) >= 11 is 0.743. The van der Waals surface area contributed by atoms with Gasteiger partial charge in [0.05, 0.1) is 4.92 Å². The van der Waals surface area contributed by atoms with Crippen LogP contribution in [0.15, 0.2) is 10.3 Å². The Morgan fingerprint density at radius 3 is 2.53 bits per heavy atom. The van der Waals surface area contributed by atoms with Crippen LogP contribution in [-0.2, 0) is 10.0 Å². The van der Waals surface area contributed by atoms with Gasteiger partial charge >= 0.3 is 5.69 Å². The topological polar surface area (TPSA) is 119 Å². The van der Waals surface area contributed by atoms with Gasteiger partial charge in [0, 0.05) is 19.7 Å². The first kappa shape index (κ1) is 15.8. The van der Waals surface area contributed by atoms with Crippen LogP contribution in [0.4, 0.5) is 10.7 Å². The van der Waals surface area contributed by atoms with E-state index < -0.39 is 14.9 Å². The van der Waals surface area contributed by atoms with Crippen molar-refractivity contribution in [3.8, 4) is 0 Å². The summed E-state index contributed by atoms with van der Waals surface area (Å²) in [7, 11) is -2.29. The lowest BCUT2D eigenvalue weighted by atomic mass is 10.2. The average molecular weight is 308 g/mol. The number of nitro groups is 1. The fourth-order valence-corrected chi connectivity index (χ4v) is 4.28. The molecule has 108 valence electrons. The number of rotatable bonds is 6. The molecule has 0 amide bonds. The monoisotopic (exact) mass is 308 g/mol. The van der Waals surface area contributed by atoms with Gasteiger partial charge in [-0.25, -0.2) is 14.3 Å². The SMILES string of the molecule is CC(C)CN(C)S(=O)(=O)c1cc([N+](=O)[O-])c(NN)s1. The van der Waals surface area contributed by atoms with Gasteiger partial charge in [0.2, 0.25) is 0 Å². The molecule has 0 atom stereocenters. The van der Waals surface area contributed by atoms with Crippen LogP contribution in [0.25, 0.3) is 0 Å². The van der Waals surface area contributed by atoms with E-state index in [-0.39, 0.29) is 20.8 Å². The second-order valence-corrected chi connectivity index (χ2v) is 7.68. The summed E-state index contributed by atoms with van der Waals surface area (Å²) in [6.07, 6.45) is 0. The first-order valence-corrected chi connectivity index (χ1v) is 7.67. The number of nitrogens with zero attached hydrogens (tertiary/aromatic N) is 2. The fraction of sp³-hybridized carbons (Fsp3) is 0.556. The summed E-state index contributed by atoms with van der Waals surface area (Å²) in [5, 5.41) is 10.8.